The minimum absolute atomic E-state index is 0.866. The molecule has 0 rings (SSSR count). The van der Waals surface area contributed by atoms with E-state index in [2.05, 4.69) is 41.5 Å². The van der Waals surface area contributed by atoms with E-state index in [-0.39, 0.29) is 0 Å². The third-order valence-corrected chi connectivity index (χ3v) is 4.09. The molecule has 0 saturated heterocycles. The molecule has 0 aliphatic carbocycles. The Kier molecular flexibility index (Phi) is 9.97. The molecular formula is C17H36. The normalized spacial score (nSPS) is 17.1. The lowest BCUT2D eigenvalue weighted by molar-refractivity contribution is 0.287. The Morgan fingerprint density at radius 1 is 0.706 bits per heavy atom. The van der Waals surface area contributed by atoms with Crippen molar-refractivity contribution in [2.24, 2.45) is 23.7 Å². The number of rotatable bonds is 10. The highest BCUT2D eigenvalue weighted by Gasteiger charge is 2.15. The first-order chi connectivity index (χ1) is 7.99. The van der Waals surface area contributed by atoms with Crippen molar-refractivity contribution in [1.82, 2.24) is 0 Å². The minimum Gasteiger partial charge on any atom is -0.0654 e. The average Bonchev–Trinajstić information content (AvgIpc) is 2.25. The lowest BCUT2D eigenvalue weighted by Gasteiger charge is -2.23. The summed E-state index contributed by atoms with van der Waals surface area (Å²) in [6, 6.07) is 0. The second-order valence-electron chi connectivity index (χ2n) is 6.72. The van der Waals surface area contributed by atoms with Crippen LogP contribution in [0.25, 0.3) is 0 Å². The van der Waals surface area contributed by atoms with Crippen molar-refractivity contribution >= 4 is 0 Å². The van der Waals surface area contributed by atoms with E-state index in [0.717, 1.165) is 23.7 Å². The van der Waals surface area contributed by atoms with Crippen LogP contribution in [0.5, 0.6) is 0 Å². The summed E-state index contributed by atoms with van der Waals surface area (Å²) in [5.41, 5.74) is 0. The van der Waals surface area contributed by atoms with Crippen LogP contribution >= 0.6 is 0 Å². The van der Waals surface area contributed by atoms with Crippen molar-refractivity contribution in [1.29, 1.82) is 0 Å². The molecule has 0 heteroatoms. The molecule has 17 heavy (non-hydrogen) atoms. The highest BCUT2D eigenvalue weighted by atomic mass is 14.2. The first kappa shape index (κ1) is 17.0. The van der Waals surface area contributed by atoms with Crippen LogP contribution in [0.4, 0.5) is 0 Å². The van der Waals surface area contributed by atoms with Gasteiger partial charge in [0.1, 0.15) is 0 Å². The van der Waals surface area contributed by atoms with Gasteiger partial charge in [-0.25, -0.2) is 0 Å². The van der Waals surface area contributed by atoms with E-state index in [1.54, 1.807) is 0 Å². The fourth-order valence-corrected chi connectivity index (χ4v) is 2.89. The Bertz CT molecular complexity index is 159. The molecule has 0 fully saturated rings. The third kappa shape index (κ3) is 9.68. The molecule has 3 unspecified atom stereocenters. The smallest absolute Gasteiger partial charge is 0.0409 e. The van der Waals surface area contributed by atoms with Crippen molar-refractivity contribution in [2.45, 2.75) is 86.5 Å². The van der Waals surface area contributed by atoms with Crippen LogP contribution in [0.2, 0.25) is 0 Å². The zero-order chi connectivity index (χ0) is 13.3. The fraction of sp³-hybridized carbons (Fsp3) is 1.00. The highest BCUT2D eigenvalue weighted by Crippen LogP contribution is 2.28. The zero-order valence-corrected chi connectivity index (χ0v) is 13.3. The van der Waals surface area contributed by atoms with Crippen molar-refractivity contribution in [3.63, 3.8) is 0 Å². The Hall–Kier alpha value is 0. The maximum Gasteiger partial charge on any atom is -0.0409 e. The first-order valence-corrected chi connectivity index (χ1v) is 7.99. The van der Waals surface area contributed by atoms with Crippen molar-refractivity contribution in [2.75, 3.05) is 0 Å². The summed E-state index contributed by atoms with van der Waals surface area (Å²) in [5.74, 6) is 3.70. The first-order valence-electron chi connectivity index (χ1n) is 7.99. The van der Waals surface area contributed by atoms with Gasteiger partial charge in [0, 0.05) is 0 Å². The van der Waals surface area contributed by atoms with Crippen molar-refractivity contribution in [3.05, 3.63) is 0 Å². The van der Waals surface area contributed by atoms with Crippen molar-refractivity contribution < 1.29 is 0 Å². The molecule has 0 bridgehead atoms. The Balaban J connectivity index is 4.00. The molecule has 104 valence electrons. The molecule has 3 atom stereocenters. The molecule has 0 saturated carbocycles. The van der Waals surface area contributed by atoms with Gasteiger partial charge >= 0.3 is 0 Å². The SMILES string of the molecule is CCCC(C)CCC(CC(C)C)CC(C)CC. The van der Waals surface area contributed by atoms with Gasteiger partial charge in [0.2, 0.25) is 0 Å². The van der Waals surface area contributed by atoms with Gasteiger partial charge in [-0.3, -0.25) is 0 Å². The number of hydrogen-bond acceptors (Lipinski definition) is 0. The van der Waals surface area contributed by atoms with Crippen LogP contribution in [-0.2, 0) is 0 Å². The quantitative estimate of drug-likeness (QED) is 0.420. The Morgan fingerprint density at radius 2 is 1.35 bits per heavy atom. The molecule has 0 aromatic carbocycles. The topological polar surface area (TPSA) is 0 Å². The van der Waals surface area contributed by atoms with E-state index in [0.29, 0.717) is 0 Å². The van der Waals surface area contributed by atoms with E-state index in [1.165, 1.54) is 44.9 Å². The van der Waals surface area contributed by atoms with E-state index in [4.69, 9.17) is 0 Å². The summed E-state index contributed by atoms with van der Waals surface area (Å²) in [7, 11) is 0. The van der Waals surface area contributed by atoms with E-state index >= 15 is 0 Å². The molecule has 0 nitrogen and oxygen atoms in total. The molecule has 0 aromatic rings. The van der Waals surface area contributed by atoms with Gasteiger partial charge in [-0.1, -0.05) is 73.6 Å². The standard InChI is InChI=1S/C17H36/c1-7-9-16(6)10-11-17(12-14(3)4)13-15(5)8-2/h14-17H,7-13H2,1-6H3. The minimum atomic E-state index is 0.866. The molecule has 0 radical (unpaired) electrons. The summed E-state index contributed by atoms with van der Waals surface area (Å²) >= 11 is 0. The van der Waals surface area contributed by atoms with Crippen molar-refractivity contribution in [3.8, 4) is 0 Å². The zero-order valence-electron chi connectivity index (χ0n) is 13.3. The predicted molar refractivity (Wildman–Crippen MR) is 80.3 cm³/mol. The second kappa shape index (κ2) is 9.97. The second-order valence-corrected chi connectivity index (χ2v) is 6.72. The van der Waals surface area contributed by atoms with E-state index in [1.807, 2.05) is 0 Å². The summed E-state index contributed by atoms with van der Waals surface area (Å²) in [5, 5.41) is 0. The Labute approximate surface area is 111 Å². The molecule has 0 N–H and O–H groups in total. The summed E-state index contributed by atoms with van der Waals surface area (Å²) in [6.45, 7) is 14.2. The van der Waals surface area contributed by atoms with Gasteiger partial charge in [-0.05, 0) is 36.5 Å². The summed E-state index contributed by atoms with van der Waals surface area (Å²) in [4.78, 5) is 0. The van der Waals surface area contributed by atoms with Gasteiger partial charge in [-0.15, -0.1) is 0 Å². The molecule has 0 aliphatic rings. The fourth-order valence-electron chi connectivity index (χ4n) is 2.89. The van der Waals surface area contributed by atoms with Crippen LogP contribution in [0.3, 0.4) is 0 Å². The molecular weight excluding hydrogens is 204 g/mol. The number of hydrogen-bond donors (Lipinski definition) is 0. The average molecular weight is 240 g/mol. The lowest BCUT2D eigenvalue weighted by Crippen LogP contribution is -2.11. The summed E-state index contributed by atoms with van der Waals surface area (Å²) < 4.78 is 0. The van der Waals surface area contributed by atoms with Gasteiger partial charge in [0.15, 0.2) is 0 Å². The predicted octanol–water partition coefficient (Wildman–Crippen LogP) is 6.30. The molecule has 0 heterocycles. The highest BCUT2D eigenvalue weighted by molar-refractivity contribution is 4.67. The van der Waals surface area contributed by atoms with Gasteiger partial charge in [0.05, 0.1) is 0 Å². The van der Waals surface area contributed by atoms with Crippen LogP contribution in [0.1, 0.15) is 86.5 Å². The van der Waals surface area contributed by atoms with Gasteiger partial charge < -0.3 is 0 Å². The van der Waals surface area contributed by atoms with Crippen LogP contribution in [-0.4, -0.2) is 0 Å². The van der Waals surface area contributed by atoms with Crippen LogP contribution < -0.4 is 0 Å². The monoisotopic (exact) mass is 240 g/mol. The molecule has 0 spiro atoms. The third-order valence-electron chi connectivity index (χ3n) is 4.09. The molecule has 0 aliphatic heterocycles. The van der Waals surface area contributed by atoms with E-state index in [9.17, 15) is 0 Å². The maximum atomic E-state index is 2.43. The lowest BCUT2D eigenvalue weighted by atomic mass is 9.83. The largest absolute Gasteiger partial charge is 0.0654 e. The molecule has 0 amide bonds. The molecule has 0 aromatic heterocycles. The van der Waals surface area contributed by atoms with Gasteiger partial charge in [0.25, 0.3) is 0 Å². The van der Waals surface area contributed by atoms with E-state index < -0.39 is 0 Å². The van der Waals surface area contributed by atoms with Gasteiger partial charge in [-0.2, -0.15) is 0 Å². The van der Waals surface area contributed by atoms with Crippen LogP contribution in [0.15, 0.2) is 0 Å². The summed E-state index contributed by atoms with van der Waals surface area (Å²) in [6.07, 6.45) is 9.90. The Morgan fingerprint density at radius 3 is 1.82 bits per heavy atom. The van der Waals surface area contributed by atoms with Crippen LogP contribution in [0, 0.1) is 23.7 Å². The maximum absolute atomic E-state index is 2.43.